The van der Waals surface area contributed by atoms with Crippen LogP contribution in [0.25, 0.3) is 11.5 Å². The van der Waals surface area contributed by atoms with Gasteiger partial charge < -0.3 is 24.7 Å². The predicted molar refractivity (Wildman–Crippen MR) is 172 cm³/mol. The second-order valence-electron chi connectivity index (χ2n) is 14.4. The van der Waals surface area contributed by atoms with Crippen molar-refractivity contribution in [2.75, 3.05) is 6.54 Å². The third-order valence-corrected chi connectivity index (χ3v) is 11.2. The first kappa shape index (κ1) is 33.6. The number of amides is 4. The van der Waals surface area contributed by atoms with Gasteiger partial charge in [-0.2, -0.15) is 4.98 Å². The molecule has 14 nitrogen and oxygen atoms in total. The quantitative estimate of drug-likeness (QED) is 0.264. The van der Waals surface area contributed by atoms with Gasteiger partial charge in [-0.15, -0.1) is 6.58 Å². The number of rotatable bonds is 13. The minimum Gasteiger partial charge on any atom is -0.463 e. The third kappa shape index (κ3) is 7.25. The van der Waals surface area contributed by atoms with Gasteiger partial charge >= 0.3 is 6.01 Å². The Labute approximate surface area is 279 Å². The minimum absolute atomic E-state index is 0.0162. The van der Waals surface area contributed by atoms with Crippen molar-refractivity contribution in [1.29, 1.82) is 0 Å². The number of aromatic nitrogens is 2. The number of ether oxygens (including phenoxy) is 1. The summed E-state index contributed by atoms with van der Waals surface area (Å²) in [6.45, 7) is 9.22. The Morgan fingerprint density at radius 3 is 2.54 bits per heavy atom. The Hall–Kier alpha value is -4.27. The molecule has 3 N–H and O–H groups in total. The SMILES string of the molecule is C=CC1C[C@]1(NC(=O)[C@@H]1C[C@@H](Oc2nccc(-c3ccco3)n2)CN1C(=O)[C@@H](NC(=O)CC1CC1)C(C)(C)C)C(=O)NS(=O)(=O)C1CC1. The van der Waals surface area contributed by atoms with Crippen LogP contribution in [0.5, 0.6) is 6.01 Å². The molecule has 3 heterocycles. The molecular weight excluding hydrogens is 640 g/mol. The highest BCUT2D eigenvalue weighted by molar-refractivity contribution is 7.91. The van der Waals surface area contributed by atoms with Crippen molar-refractivity contribution in [3.05, 3.63) is 43.3 Å². The molecule has 6 rings (SSSR count). The van der Waals surface area contributed by atoms with Gasteiger partial charge in [-0.25, -0.2) is 13.4 Å². The maximum absolute atomic E-state index is 14.3. The molecule has 2 aromatic rings. The summed E-state index contributed by atoms with van der Waals surface area (Å²) in [4.78, 5) is 64.7. The first-order valence-electron chi connectivity index (χ1n) is 16.3. The van der Waals surface area contributed by atoms with E-state index in [9.17, 15) is 27.6 Å². The summed E-state index contributed by atoms with van der Waals surface area (Å²) in [5.41, 5.74) is -1.76. The van der Waals surface area contributed by atoms with Crippen LogP contribution in [-0.4, -0.2) is 82.4 Å². The van der Waals surface area contributed by atoms with Crippen LogP contribution in [0.2, 0.25) is 0 Å². The zero-order chi connectivity index (χ0) is 34.4. The molecule has 1 unspecified atom stereocenters. The monoisotopic (exact) mass is 682 g/mol. The van der Waals surface area contributed by atoms with Gasteiger partial charge in [0.25, 0.3) is 5.91 Å². The fourth-order valence-electron chi connectivity index (χ4n) is 6.12. The largest absolute Gasteiger partial charge is 0.463 e. The fraction of sp³-hybridized carbons (Fsp3) is 0.576. The molecule has 1 saturated heterocycles. The number of nitrogens with one attached hydrogen (secondary N) is 3. The number of sulfonamides is 1. The van der Waals surface area contributed by atoms with Crippen molar-refractivity contribution in [3.63, 3.8) is 0 Å². The Kier molecular flexibility index (Phi) is 8.85. The second-order valence-corrected chi connectivity index (χ2v) is 16.3. The minimum atomic E-state index is -3.88. The summed E-state index contributed by atoms with van der Waals surface area (Å²) in [5.74, 6) is -1.89. The molecule has 48 heavy (non-hydrogen) atoms. The van der Waals surface area contributed by atoms with E-state index in [0.29, 0.717) is 36.6 Å². The van der Waals surface area contributed by atoms with Gasteiger partial charge in [-0.1, -0.05) is 26.8 Å². The van der Waals surface area contributed by atoms with E-state index in [0.717, 1.165) is 12.8 Å². The van der Waals surface area contributed by atoms with Crippen LogP contribution < -0.4 is 20.1 Å². The Morgan fingerprint density at radius 1 is 1.19 bits per heavy atom. The highest BCUT2D eigenvalue weighted by Crippen LogP contribution is 2.45. The van der Waals surface area contributed by atoms with Gasteiger partial charge in [0.2, 0.25) is 27.7 Å². The van der Waals surface area contributed by atoms with Crippen molar-refractivity contribution in [2.24, 2.45) is 17.3 Å². The lowest BCUT2D eigenvalue weighted by Crippen LogP contribution is -2.60. The summed E-state index contributed by atoms with van der Waals surface area (Å²) >= 11 is 0. The standard InChI is InChI=1S/C33H42N6O8S/c1-5-20-17-33(20,30(43)38-48(44,45)22-10-11-22)37-28(41)24-16-21(47-31-34-13-12-23(35-31)25-7-6-14-46-25)18-39(24)29(42)27(32(2,3)4)36-26(40)15-19-8-9-19/h5-7,12-14,19-22,24,27H,1,8-11,15-18H2,2-4H3,(H,36,40)(H,37,41)(H,38,43)/t20?,21-,24+,27-,33-/m1/s1. The molecule has 4 fully saturated rings. The number of carbonyl (C=O) groups is 4. The number of furan rings is 1. The van der Waals surface area contributed by atoms with Crippen LogP contribution >= 0.6 is 0 Å². The number of carbonyl (C=O) groups excluding carboxylic acids is 4. The lowest BCUT2D eigenvalue weighted by molar-refractivity contribution is -0.144. The van der Waals surface area contributed by atoms with Crippen molar-refractivity contribution < 1.29 is 36.7 Å². The van der Waals surface area contributed by atoms with Crippen LogP contribution in [-0.2, 0) is 29.2 Å². The van der Waals surface area contributed by atoms with Crippen LogP contribution in [0.3, 0.4) is 0 Å². The summed E-state index contributed by atoms with van der Waals surface area (Å²) < 4.78 is 38.9. The molecule has 0 bridgehead atoms. The van der Waals surface area contributed by atoms with Gasteiger partial charge in [-0.05, 0) is 61.6 Å². The van der Waals surface area contributed by atoms with Gasteiger partial charge in [0.1, 0.15) is 29.4 Å². The smallest absolute Gasteiger partial charge is 0.317 e. The predicted octanol–water partition coefficient (Wildman–Crippen LogP) is 2.09. The van der Waals surface area contributed by atoms with E-state index in [-0.39, 0.29) is 31.3 Å². The van der Waals surface area contributed by atoms with E-state index in [1.807, 2.05) is 20.8 Å². The van der Waals surface area contributed by atoms with Crippen LogP contribution in [0.4, 0.5) is 0 Å². The summed E-state index contributed by atoms with van der Waals surface area (Å²) in [6, 6.07) is 3.06. The topological polar surface area (TPSA) is 190 Å². The van der Waals surface area contributed by atoms with Gasteiger partial charge in [0, 0.05) is 25.0 Å². The molecule has 1 aliphatic heterocycles. The normalized spacial score (nSPS) is 25.9. The van der Waals surface area contributed by atoms with Crippen LogP contribution in [0, 0.1) is 17.3 Å². The first-order chi connectivity index (χ1) is 22.7. The maximum atomic E-state index is 14.3. The number of nitrogens with zero attached hydrogens (tertiary/aromatic N) is 3. The third-order valence-electron chi connectivity index (χ3n) is 9.37. The Bertz CT molecular complexity index is 1700. The Balaban J connectivity index is 1.25. The fourth-order valence-corrected chi connectivity index (χ4v) is 7.48. The van der Waals surface area contributed by atoms with Crippen LogP contribution in [0.15, 0.2) is 47.7 Å². The van der Waals surface area contributed by atoms with Crippen LogP contribution in [0.1, 0.15) is 65.7 Å². The molecule has 0 radical (unpaired) electrons. The van der Waals surface area contributed by atoms with E-state index < -0.39 is 68.1 Å². The second kappa shape index (κ2) is 12.6. The average molecular weight is 683 g/mol. The summed E-state index contributed by atoms with van der Waals surface area (Å²) in [5, 5.41) is 5.05. The molecule has 4 amide bonds. The number of likely N-dealkylation sites (tertiary alicyclic amines) is 1. The van der Waals surface area contributed by atoms with Crippen molar-refractivity contribution in [2.45, 2.75) is 94.7 Å². The molecule has 5 atom stereocenters. The van der Waals surface area contributed by atoms with E-state index in [2.05, 4.69) is 31.9 Å². The molecule has 258 valence electrons. The lowest BCUT2D eigenvalue weighted by Gasteiger charge is -2.35. The highest BCUT2D eigenvalue weighted by atomic mass is 32.2. The van der Waals surface area contributed by atoms with E-state index in [4.69, 9.17) is 9.15 Å². The molecular formula is C33H42N6O8S. The highest BCUT2D eigenvalue weighted by Gasteiger charge is 2.62. The zero-order valence-electron chi connectivity index (χ0n) is 27.3. The van der Waals surface area contributed by atoms with E-state index >= 15 is 0 Å². The van der Waals surface area contributed by atoms with E-state index in [1.54, 1.807) is 18.2 Å². The lowest BCUT2D eigenvalue weighted by atomic mass is 9.85. The maximum Gasteiger partial charge on any atom is 0.317 e. The molecule has 4 aliphatic rings. The van der Waals surface area contributed by atoms with Gasteiger partial charge in [0.15, 0.2) is 5.76 Å². The number of hydrogen-bond acceptors (Lipinski definition) is 10. The molecule has 0 aromatic carbocycles. The number of hydrogen-bond donors (Lipinski definition) is 3. The molecule has 15 heteroatoms. The summed E-state index contributed by atoms with van der Waals surface area (Å²) in [6.07, 6.45) is 7.18. The molecule has 2 aromatic heterocycles. The molecule has 3 saturated carbocycles. The molecule has 0 spiro atoms. The summed E-state index contributed by atoms with van der Waals surface area (Å²) in [7, 11) is -3.88. The van der Waals surface area contributed by atoms with Crippen molar-refractivity contribution >= 4 is 33.7 Å². The molecule has 3 aliphatic carbocycles. The van der Waals surface area contributed by atoms with Gasteiger partial charge in [0.05, 0.1) is 18.1 Å². The van der Waals surface area contributed by atoms with E-state index in [1.165, 1.54) is 23.4 Å². The average Bonchev–Trinajstić information content (AvgIpc) is 3.98. The zero-order valence-corrected chi connectivity index (χ0v) is 28.1. The van der Waals surface area contributed by atoms with Gasteiger partial charge in [-0.3, -0.25) is 23.9 Å². The van der Waals surface area contributed by atoms with Crippen molar-refractivity contribution in [1.82, 2.24) is 30.2 Å². The Morgan fingerprint density at radius 2 is 1.94 bits per heavy atom. The first-order valence-corrected chi connectivity index (χ1v) is 17.9. The van der Waals surface area contributed by atoms with Crippen molar-refractivity contribution in [3.8, 4) is 17.5 Å².